The largest absolute Gasteiger partial charge is 0.506 e. The van der Waals surface area contributed by atoms with E-state index in [-0.39, 0.29) is 24.2 Å². The number of phenols is 1. The van der Waals surface area contributed by atoms with Gasteiger partial charge in [-0.3, -0.25) is 0 Å². The molecule has 0 bridgehead atoms. The van der Waals surface area contributed by atoms with E-state index in [2.05, 4.69) is 31.9 Å². The van der Waals surface area contributed by atoms with E-state index >= 15 is 0 Å². The van der Waals surface area contributed by atoms with Crippen molar-refractivity contribution in [2.75, 3.05) is 6.54 Å². The molecule has 6 heteroatoms. The smallest absolute Gasteiger partial charge is 0.143 e. The molecule has 0 aliphatic heterocycles. The summed E-state index contributed by atoms with van der Waals surface area (Å²) in [6.07, 6.45) is 0.726. The highest BCUT2D eigenvalue weighted by molar-refractivity contribution is 9.11. The van der Waals surface area contributed by atoms with Gasteiger partial charge in [0.25, 0.3) is 0 Å². The summed E-state index contributed by atoms with van der Waals surface area (Å²) in [5.41, 5.74) is 12.3. The minimum Gasteiger partial charge on any atom is -0.506 e. The molecular weight excluding hydrogens is 347 g/mol. The van der Waals surface area contributed by atoms with E-state index in [1.165, 1.54) is 0 Å². The second kappa shape index (κ2) is 6.70. The van der Waals surface area contributed by atoms with Crippen molar-refractivity contribution in [1.82, 2.24) is 0 Å². The van der Waals surface area contributed by atoms with Crippen molar-refractivity contribution in [2.45, 2.75) is 12.5 Å². The highest BCUT2D eigenvalue weighted by atomic mass is 79.9. The molecular formula is C9H13Br2ClN2O. The zero-order valence-corrected chi connectivity index (χ0v) is 11.9. The first-order chi connectivity index (χ1) is 6.56. The molecule has 0 amide bonds. The molecule has 0 saturated carbocycles. The summed E-state index contributed by atoms with van der Waals surface area (Å²) in [5.74, 6) is 0.189. The third kappa shape index (κ3) is 3.92. The lowest BCUT2D eigenvalue weighted by molar-refractivity contribution is 0.467. The van der Waals surface area contributed by atoms with Crippen LogP contribution in [0, 0.1) is 0 Å². The van der Waals surface area contributed by atoms with Gasteiger partial charge >= 0.3 is 0 Å². The fourth-order valence-electron chi connectivity index (χ4n) is 1.15. The average molecular weight is 360 g/mol. The van der Waals surface area contributed by atoms with Gasteiger partial charge in [0.15, 0.2) is 0 Å². The van der Waals surface area contributed by atoms with Crippen LogP contribution in [0.3, 0.4) is 0 Å². The summed E-state index contributed by atoms with van der Waals surface area (Å²) in [4.78, 5) is 0. The number of rotatable bonds is 3. The Balaban J connectivity index is 0.00000196. The van der Waals surface area contributed by atoms with Gasteiger partial charge in [-0.25, -0.2) is 0 Å². The Kier molecular flexibility index (Phi) is 6.79. The van der Waals surface area contributed by atoms with Gasteiger partial charge < -0.3 is 16.6 Å². The fraction of sp³-hybridized carbons (Fsp3) is 0.333. The quantitative estimate of drug-likeness (QED) is 0.776. The van der Waals surface area contributed by atoms with Gasteiger partial charge in [-0.2, -0.15) is 0 Å². The molecule has 5 N–H and O–H groups in total. The number of phenolic OH excluding ortho intramolecular Hbond substituents is 1. The third-order valence-electron chi connectivity index (χ3n) is 1.95. The van der Waals surface area contributed by atoms with Gasteiger partial charge in [0.2, 0.25) is 0 Å². The molecule has 3 nitrogen and oxygen atoms in total. The number of halogens is 3. The highest BCUT2D eigenvalue weighted by Crippen LogP contribution is 2.35. The Morgan fingerprint density at radius 2 is 1.73 bits per heavy atom. The first kappa shape index (κ1) is 15.2. The zero-order valence-electron chi connectivity index (χ0n) is 7.91. The van der Waals surface area contributed by atoms with E-state index in [1.807, 2.05) is 0 Å². The Morgan fingerprint density at radius 1 is 1.27 bits per heavy atom. The summed E-state index contributed by atoms with van der Waals surface area (Å²) in [6.45, 7) is 0.553. The molecule has 0 aliphatic rings. The molecule has 0 aliphatic carbocycles. The van der Waals surface area contributed by atoms with Gasteiger partial charge in [-0.05, 0) is 62.5 Å². The van der Waals surface area contributed by atoms with Crippen LogP contribution in [0.4, 0.5) is 0 Å². The van der Waals surface area contributed by atoms with Crippen LogP contribution < -0.4 is 11.5 Å². The standard InChI is InChI=1S/C9H12Br2N2O.ClH/c10-6-3-5(8(13)1-2-12)4-7(11)9(6)14;/h3-4,8,14H,1-2,12-13H2;1H/t8-;/m1./s1. The van der Waals surface area contributed by atoms with Crippen LogP contribution in [-0.2, 0) is 0 Å². The van der Waals surface area contributed by atoms with E-state index in [4.69, 9.17) is 11.5 Å². The van der Waals surface area contributed by atoms with Gasteiger partial charge in [0, 0.05) is 6.04 Å². The van der Waals surface area contributed by atoms with Gasteiger partial charge in [-0.15, -0.1) is 12.4 Å². The maximum atomic E-state index is 9.48. The van der Waals surface area contributed by atoms with Crippen molar-refractivity contribution in [3.63, 3.8) is 0 Å². The lowest BCUT2D eigenvalue weighted by Crippen LogP contribution is -2.15. The van der Waals surface area contributed by atoms with Crippen molar-refractivity contribution < 1.29 is 5.11 Å². The van der Waals surface area contributed by atoms with Crippen molar-refractivity contribution in [3.8, 4) is 5.75 Å². The van der Waals surface area contributed by atoms with Crippen LogP contribution in [-0.4, -0.2) is 11.7 Å². The predicted molar refractivity (Wildman–Crippen MR) is 71.4 cm³/mol. The number of aromatic hydroxyl groups is 1. The molecule has 0 spiro atoms. The number of hydrogen-bond donors (Lipinski definition) is 3. The maximum absolute atomic E-state index is 9.48. The summed E-state index contributed by atoms with van der Waals surface area (Å²) < 4.78 is 1.27. The minimum absolute atomic E-state index is 0. The molecule has 86 valence electrons. The topological polar surface area (TPSA) is 72.3 Å². The number of hydrogen-bond acceptors (Lipinski definition) is 3. The van der Waals surface area contributed by atoms with E-state index in [0.717, 1.165) is 12.0 Å². The third-order valence-corrected chi connectivity index (χ3v) is 3.15. The number of nitrogens with two attached hydrogens (primary N) is 2. The van der Waals surface area contributed by atoms with Crippen LogP contribution in [0.15, 0.2) is 21.1 Å². The monoisotopic (exact) mass is 358 g/mol. The molecule has 15 heavy (non-hydrogen) atoms. The molecule has 0 heterocycles. The Bertz CT molecular complexity index is 313. The molecule has 1 rings (SSSR count). The van der Waals surface area contributed by atoms with Crippen LogP contribution in [0.25, 0.3) is 0 Å². The Morgan fingerprint density at radius 3 is 2.13 bits per heavy atom. The second-order valence-electron chi connectivity index (χ2n) is 3.02. The zero-order chi connectivity index (χ0) is 10.7. The van der Waals surface area contributed by atoms with E-state index in [9.17, 15) is 5.11 Å². The molecule has 0 radical (unpaired) electrons. The molecule has 0 fully saturated rings. The van der Waals surface area contributed by atoms with E-state index < -0.39 is 0 Å². The maximum Gasteiger partial charge on any atom is 0.143 e. The Labute approximate surface area is 112 Å². The molecule has 0 aromatic heterocycles. The van der Waals surface area contributed by atoms with Gasteiger partial charge in [0.05, 0.1) is 8.95 Å². The van der Waals surface area contributed by atoms with Crippen LogP contribution in [0.2, 0.25) is 0 Å². The van der Waals surface area contributed by atoms with Gasteiger partial charge in [0.1, 0.15) is 5.75 Å². The second-order valence-corrected chi connectivity index (χ2v) is 4.73. The van der Waals surface area contributed by atoms with Crippen LogP contribution >= 0.6 is 44.3 Å². The van der Waals surface area contributed by atoms with Gasteiger partial charge in [-0.1, -0.05) is 0 Å². The van der Waals surface area contributed by atoms with Crippen molar-refractivity contribution in [2.24, 2.45) is 11.5 Å². The average Bonchev–Trinajstić information content (AvgIpc) is 2.13. The SMILES string of the molecule is Cl.NCC[C@@H](N)c1cc(Br)c(O)c(Br)c1. The van der Waals surface area contributed by atoms with E-state index in [1.54, 1.807) is 12.1 Å². The highest BCUT2D eigenvalue weighted by Gasteiger charge is 2.10. The summed E-state index contributed by atoms with van der Waals surface area (Å²) in [7, 11) is 0. The van der Waals surface area contributed by atoms with Crippen molar-refractivity contribution in [1.29, 1.82) is 0 Å². The summed E-state index contributed by atoms with van der Waals surface area (Å²) in [5, 5.41) is 9.48. The molecule has 0 unspecified atom stereocenters. The lowest BCUT2D eigenvalue weighted by atomic mass is 10.0. The molecule has 1 aromatic rings. The first-order valence-corrected chi connectivity index (χ1v) is 5.78. The number of benzene rings is 1. The van der Waals surface area contributed by atoms with Crippen molar-refractivity contribution >= 4 is 44.3 Å². The van der Waals surface area contributed by atoms with E-state index in [0.29, 0.717) is 15.5 Å². The summed E-state index contributed by atoms with van der Waals surface area (Å²) >= 11 is 6.50. The molecule has 0 saturated heterocycles. The Hall–Kier alpha value is 0.190. The lowest BCUT2D eigenvalue weighted by Gasteiger charge is -2.12. The molecule has 1 aromatic carbocycles. The van der Waals surface area contributed by atoms with Crippen LogP contribution in [0.1, 0.15) is 18.0 Å². The summed E-state index contributed by atoms with van der Waals surface area (Å²) in [6, 6.07) is 3.52. The minimum atomic E-state index is -0.0896. The normalized spacial score (nSPS) is 12.0. The van der Waals surface area contributed by atoms with Crippen molar-refractivity contribution in [3.05, 3.63) is 26.6 Å². The first-order valence-electron chi connectivity index (χ1n) is 4.19. The van der Waals surface area contributed by atoms with Crippen LogP contribution in [0.5, 0.6) is 5.75 Å². The molecule has 1 atom stereocenters. The fourth-order valence-corrected chi connectivity index (χ4v) is 2.37. The predicted octanol–water partition coefficient (Wildman–Crippen LogP) is 2.69.